The fourth-order valence-corrected chi connectivity index (χ4v) is 6.56. The van der Waals surface area contributed by atoms with Gasteiger partial charge in [-0.15, -0.1) is 0 Å². The Morgan fingerprint density at radius 3 is 1.62 bits per heavy atom. The van der Waals surface area contributed by atoms with Crippen molar-refractivity contribution >= 4 is 11.9 Å². The maximum atomic E-state index is 12.7. The zero-order valence-electron chi connectivity index (χ0n) is 34.7. The first kappa shape index (κ1) is 50.9. The van der Waals surface area contributed by atoms with Crippen molar-refractivity contribution in [1.29, 1.82) is 0 Å². The largest absolute Gasteiger partial charge is 0.462 e. The summed E-state index contributed by atoms with van der Waals surface area (Å²) in [5.41, 5.74) is 0. The Bertz CT molecular complexity index is 996. The monoisotopic (exact) mass is 781 g/mol. The van der Waals surface area contributed by atoms with Crippen LogP contribution in [0.25, 0.3) is 0 Å². The standard InChI is InChI=1S/C45H80O10/c1-3-5-7-9-11-13-15-17-19-21-23-25-27-29-31-33-40(47)52-36-38(37-53-45-44(51)43(50)42(49)39(35-46)55-45)54-41(48)34-32-30-28-26-24-22-20-18-16-14-12-10-8-6-4-2/h6,8,12,14,18,20,38-39,42-46,49-51H,3-5,7,9-11,13,15-17,19,21-37H2,1-2H3/b8-6-,14-12-,20-18-/t38?,39-,42-,43+,44-,45-/m1/s1. The lowest BCUT2D eigenvalue weighted by Gasteiger charge is -2.39. The Hall–Kier alpha value is -2.08. The molecule has 0 saturated carbocycles. The summed E-state index contributed by atoms with van der Waals surface area (Å²) in [6.07, 6.45) is 32.9. The Kier molecular flexibility index (Phi) is 33.6. The van der Waals surface area contributed by atoms with E-state index in [-0.39, 0.29) is 32.0 Å². The number of carbonyl (C=O) groups is 2. The van der Waals surface area contributed by atoms with Gasteiger partial charge in [0.1, 0.15) is 31.0 Å². The van der Waals surface area contributed by atoms with Crippen molar-refractivity contribution in [2.75, 3.05) is 19.8 Å². The lowest BCUT2D eigenvalue weighted by Crippen LogP contribution is -2.59. The molecule has 1 rings (SSSR count). The molecule has 0 amide bonds. The summed E-state index contributed by atoms with van der Waals surface area (Å²) >= 11 is 0. The van der Waals surface area contributed by atoms with E-state index in [1.54, 1.807) is 0 Å². The molecule has 0 aromatic heterocycles. The number of carbonyl (C=O) groups excluding carboxylic acids is 2. The first-order valence-corrected chi connectivity index (χ1v) is 22.1. The van der Waals surface area contributed by atoms with E-state index in [4.69, 9.17) is 18.9 Å². The third kappa shape index (κ3) is 28.0. The van der Waals surface area contributed by atoms with Gasteiger partial charge in [-0.1, -0.05) is 159 Å². The van der Waals surface area contributed by atoms with Gasteiger partial charge in [0.2, 0.25) is 0 Å². The first-order valence-electron chi connectivity index (χ1n) is 22.1. The van der Waals surface area contributed by atoms with Crippen LogP contribution in [0.5, 0.6) is 0 Å². The molecule has 320 valence electrons. The molecule has 1 heterocycles. The van der Waals surface area contributed by atoms with Crippen LogP contribution >= 0.6 is 0 Å². The van der Waals surface area contributed by atoms with Crippen LogP contribution in [0.4, 0.5) is 0 Å². The van der Waals surface area contributed by atoms with Crippen LogP contribution in [0.3, 0.4) is 0 Å². The van der Waals surface area contributed by atoms with Gasteiger partial charge < -0.3 is 39.4 Å². The first-order chi connectivity index (χ1) is 26.8. The maximum Gasteiger partial charge on any atom is 0.306 e. The molecule has 4 N–H and O–H groups in total. The highest BCUT2D eigenvalue weighted by molar-refractivity contribution is 5.70. The molecule has 55 heavy (non-hydrogen) atoms. The molecular formula is C45H80O10. The number of hydrogen-bond acceptors (Lipinski definition) is 10. The zero-order valence-corrected chi connectivity index (χ0v) is 34.7. The molecule has 0 bridgehead atoms. The van der Waals surface area contributed by atoms with Crippen LogP contribution in [0.15, 0.2) is 36.5 Å². The van der Waals surface area contributed by atoms with Crippen molar-refractivity contribution in [1.82, 2.24) is 0 Å². The van der Waals surface area contributed by atoms with E-state index < -0.39 is 49.4 Å². The molecule has 1 fully saturated rings. The van der Waals surface area contributed by atoms with Gasteiger partial charge in [-0.3, -0.25) is 9.59 Å². The molecular weight excluding hydrogens is 700 g/mol. The highest BCUT2D eigenvalue weighted by atomic mass is 16.7. The summed E-state index contributed by atoms with van der Waals surface area (Å²) in [4.78, 5) is 25.3. The molecule has 1 aliphatic heterocycles. The quantitative estimate of drug-likeness (QED) is 0.0275. The summed E-state index contributed by atoms with van der Waals surface area (Å²) in [5.74, 6) is -0.822. The molecule has 1 aliphatic rings. The van der Waals surface area contributed by atoms with Crippen molar-refractivity contribution in [3.63, 3.8) is 0 Å². The van der Waals surface area contributed by atoms with E-state index in [0.717, 1.165) is 70.6 Å². The van der Waals surface area contributed by atoms with Crippen LogP contribution in [0, 0.1) is 0 Å². The Balaban J connectivity index is 2.34. The molecule has 1 unspecified atom stereocenters. The van der Waals surface area contributed by atoms with E-state index in [2.05, 4.69) is 50.3 Å². The SMILES string of the molecule is CC/C=C\C/C=C\C/C=C\CCCCCCCC(=O)OC(COC(=O)CCCCCCCCCCCCCCCCC)CO[C@@H]1O[C@H](CO)[C@@H](O)[C@H](O)[C@H]1O. The topological polar surface area (TPSA) is 152 Å². The Morgan fingerprint density at radius 1 is 0.582 bits per heavy atom. The second-order valence-corrected chi connectivity index (χ2v) is 15.1. The van der Waals surface area contributed by atoms with E-state index in [1.807, 2.05) is 0 Å². The summed E-state index contributed by atoms with van der Waals surface area (Å²) in [6, 6.07) is 0. The van der Waals surface area contributed by atoms with Gasteiger partial charge in [0.25, 0.3) is 0 Å². The average Bonchev–Trinajstić information content (AvgIpc) is 3.18. The number of esters is 2. The number of unbranched alkanes of at least 4 members (excludes halogenated alkanes) is 19. The zero-order chi connectivity index (χ0) is 40.2. The normalized spacial score (nSPS) is 20.9. The molecule has 10 heteroatoms. The highest BCUT2D eigenvalue weighted by Gasteiger charge is 2.44. The van der Waals surface area contributed by atoms with Gasteiger partial charge in [-0.2, -0.15) is 0 Å². The van der Waals surface area contributed by atoms with Gasteiger partial charge >= 0.3 is 11.9 Å². The molecule has 0 aromatic rings. The predicted molar refractivity (Wildman–Crippen MR) is 219 cm³/mol. The third-order valence-corrected chi connectivity index (χ3v) is 10.0. The lowest BCUT2D eigenvalue weighted by molar-refractivity contribution is -0.305. The Morgan fingerprint density at radius 2 is 1.07 bits per heavy atom. The van der Waals surface area contributed by atoms with Crippen molar-refractivity contribution < 1.29 is 49.0 Å². The fourth-order valence-electron chi connectivity index (χ4n) is 6.56. The average molecular weight is 781 g/mol. The summed E-state index contributed by atoms with van der Waals surface area (Å²) < 4.78 is 22.1. The minimum absolute atomic E-state index is 0.212. The third-order valence-electron chi connectivity index (χ3n) is 10.0. The van der Waals surface area contributed by atoms with Gasteiger partial charge in [-0.05, 0) is 44.9 Å². The van der Waals surface area contributed by atoms with Crippen molar-refractivity contribution in [3.05, 3.63) is 36.5 Å². The number of aliphatic hydroxyl groups is 4. The van der Waals surface area contributed by atoms with Crippen LogP contribution < -0.4 is 0 Å². The minimum Gasteiger partial charge on any atom is -0.462 e. The molecule has 1 saturated heterocycles. The number of allylic oxidation sites excluding steroid dienone is 6. The Labute approximate surface area is 334 Å². The van der Waals surface area contributed by atoms with E-state index in [1.165, 1.54) is 77.0 Å². The molecule has 0 spiro atoms. The van der Waals surface area contributed by atoms with Gasteiger partial charge in [0.15, 0.2) is 12.4 Å². The summed E-state index contributed by atoms with van der Waals surface area (Å²) in [5, 5.41) is 40.0. The van der Waals surface area contributed by atoms with E-state index in [9.17, 15) is 30.0 Å². The second-order valence-electron chi connectivity index (χ2n) is 15.1. The second kappa shape index (κ2) is 36.3. The molecule has 0 aliphatic carbocycles. The lowest BCUT2D eigenvalue weighted by atomic mass is 9.99. The van der Waals surface area contributed by atoms with Crippen LogP contribution in [-0.2, 0) is 28.5 Å². The number of aliphatic hydroxyl groups excluding tert-OH is 4. The minimum atomic E-state index is -1.60. The smallest absolute Gasteiger partial charge is 0.306 e. The number of hydrogen-bond donors (Lipinski definition) is 4. The highest BCUT2D eigenvalue weighted by Crippen LogP contribution is 2.22. The maximum absolute atomic E-state index is 12.7. The van der Waals surface area contributed by atoms with Crippen LogP contribution in [-0.4, -0.2) is 89.0 Å². The van der Waals surface area contributed by atoms with Gasteiger partial charge in [0.05, 0.1) is 13.2 Å². The number of rotatable bonds is 36. The van der Waals surface area contributed by atoms with Crippen LogP contribution in [0.2, 0.25) is 0 Å². The fraction of sp³-hybridized carbons (Fsp3) is 0.822. The van der Waals surface area contributed by atoms with Crippen molar-refractivity contribution in [2.24, 2.45) is 0 Å². The molecule has 0 radical (unpaired) electrons. The van der Waals surface area contributed by atoms with Crippen LogP contribution in [0.1, 0.15) is 181 Å². The molecule has 6 atom stereocenters. The van der Waals surface area contributed by atoms with Crippen molar-refractivity contribution in [2.45, 2.75) is 218 Å². The van der Waals surface area contributed by atoms with E-state index in [0.29, 0.717) is 6.42 Å². The summed E-state index contributed by atoms with van der Waals surface area (Å²) in [6.45, 7) is 3.30. The summed E-state index contributed by atoms with van der Waals surface area (Å²) in [7, 11) is 0. The van der Waals surface area contributed by atoms with Gasteiger partial charge in [0, 0.05) is 12.8 Å². The van der Waals surface area contributed by atoms with Crippen molar-refractivity contribution in [3.8, 4) is 0 Å². The van der Waals surface area contributed by atoms with E-state index >= 15 is 0 Å². The predicted octanol–water partition coefficient (Wildman–Crippen LogP) is 9.11. The molecule has 0 aromatic carbocycles. The number of ether oxygens (including phenoxy) is 4. The van der Waals surface area contributed by atoms with Gasteiger partial charge in [-0.25, -0.2) is 0 Å². The molecule has 10 nitrogen and oxygen atoms in total.